The zero-order valence-corrected chi connectivity index (χ0v) is 10.7. The van der Waals surface area contributed by atoms with Gasteiger partial charge in [-0.3, -0.25) is 4.79 Å². The zero-order chi connectivity index (χ0) is 12.0. The summed E-state index contributed by atoms with van der Waals surface area (Å²) >= 11 is 2.62. The number of carbonyl (C=O) groups is 1. The highest BCUT2D eigenvalue weighted by molar-refractivity contribution is 8.02. The summed E-state index contributed by atoms with van der Waals surface area (Å²) in [6, 6.07) is 0. The Morgan fingerprint density at radius 2 is 2.44 bits per heavy atom. The van der Waals surface area contributed by atoms with E-state index in [0.717, 1.165) is 0 Å². The Hall–Kier alpha value is -0.860. The number of hydrogen-bond acceptors (Lipinski definition) is 7. The highest BCUT2D eigenvalue weighted by atomic mass is 32.2. The smallest absolute Gasteiger partial charge is 0.233 e. The maximum Gasteiger partial charge on any atom is 0.233 e. The highest BCUT2D eigenvalue weighted by Gasteiger charge is 2.16. The molecule has 1 unspecified atom stereocenters. The Kier molecular flexibility index (Phi) is 5.50. The van der Waals surface area contributed by atoms with Crippen molar-refractivity contribution in [2.45, 2.75) is 16.5 Å². The lowest BCUT2D eigenvalue weighted by atomic mass is 10.4. The molecule has 0 aliphatic rings. The molecular weight excluding hydrogens is 248 g/mol. The molecule has 6 nitrogen and oxygen atoms in total. The second-order valence-corrected chi connectivity index (χ2v) is 5.55. The Bertz CT molecular complexity index is 345. The van der Waals surface area contributed by atoms with E-state index in [0.29, 0.717) is 22.6 Å². The second kappa shape index (κ2) is 6.66. The van der Waals surface area contributed by atoms with E-state index in [9.17, 15) is 4.79 Å². The Morgan fingerprint density at radius 3 is 3.00 bits per heavy atom. The molecule has 90 valence electrons. The lowest BCUT2D eigenvalue weighted by molar-refractivity contribution is -0.120. The van der Waals surface area contributed by atoms with Crippen LogP contribution < -0.4 is 11.1 Å². The molecule has 1 aromatic heterocycles. The van der Waals surface area contributed by atoms with Gasteiger partial charge in [-0.2, -0.15) is 0 Å². The minimum Gasteiger partial charge on any atom is -0.383 e. The zero-order valence-electron chi connectivity index (χ0n) is 9.10. The fraction of sp³-hybridized carbons (Fsp3) is 0.625. The van der Waals surface area contributed by atoms with Gasteiger partial charge in [0.1, 0.15) is 0 Å². The number of nitrogens with zero attached hydrogens (tertiary/aromatic N) is 2. The number of ether oxygens (including phenoxy) is 1. The van der Waals surface area contributed by atoms with Crippen LogP contribution >= 0.6 is 23.1 Å². The molecule has 16 heavy (non-hydrogen) atoms. The minimum absolute atomic E-state index is 0.0455. The number of methoxy groups -OCH3 is 1. The Labute approximate surface area is 102 Å². The summed E-state index contributed by atoms with van der Waals surface area (Å²) < 4.78 is 5.54. The summed E-state index contributed by atoms with van der Waals surface area (Å²) in [5.41, 5.74) is 5.44. The summed E-state index contributed by atoms with van der Waals surface area (Å²) in [6.07, 6.45) is 0. The van der Waals surface area contributed by atoms with Crippen LogP contribution in [0.15, 0.2) is 4.34 Å². The highest BCUT2D eigenvalue weighted by Crippen LogP contribution is 2.27. The van der Waals surface area contributed by atoms with Gasteiger partial charge in [-0.05, 0) is 6.92 Å². The standard InChI is InChI=1S/C8H14N4O2S2/c1-5(6(13)10-3-4-14-2)15-8-12-11-7(9)16-8/h5H,3-4H2,1-2H3,(H2,9,11)(H,10,13). The molecular formula is C8H14N4O2S2. The monoisotopic (exact) mass is 262 g/mol. The number of carbonyl (C=O) groups excluding carboxylic acids is 1. The SMILES string of the molecule is COCCNC(=O)C(C)Sc1nnc(N)s1. The van der Waals surface area contributed by atoms with Crippen LogP contribution in [0.1, 0.15) is 6.92 Å². The third-order valence-corrected chi connectivity index (χ3v) is 3.61. The molecule has 0 radical (unpaired) electrons. The van der Waals surface area contributed by atoms with Gasteiger partial charge in [0.2, 0.25) is 11.0 Å². The van der Waals surface area contributed by atoms with Gasteiger partial charge in [0.15, 0.2) is 4.34 Å². The van der Waals surface area contributed by atoms with E-state index in [4.69, 9.17) is 10.5 Å². The molecule has 0 spiro atoms. The van der Waals surface area contributed by atoms with Crippen molar-refractivity contribution in [3.63, 3.8) is 0 Å². The van der Waals surface area contributed by atoms with Crippen LogP contribution in [0.25, 0.3) is 0 Å². The predicted molar refractivity (Wildman–Crippen MR) is 64.5 cm³/mol. The molecule has 1 heterocycles. The first-order valence-electron chi connectivity index (χ1n) is 4.65. The van der Waals surface area contributed by atoms with Crippen LogP contribution in [0, 0.1) is 0 Å². The third kappa shape index (κ3) is 4.33. The molecule has 0 fully saturated rings. The van der Waals surface area contributed by atoms with Crippen LogP contribution in [0.3, 0.4) is 0 Å². The maximum atomic E-state index is 11.6. The maximum absolute atomic E-state index is 11.6. The van der Waals surface area contributed by atoms with Crippen molar-refractivity contribution >= 4 is 34.1 Å². The van der Waals surface area contributed by atoms with Crippen molar-refractivity contribution < 1.29 is 9.53 Å². The molecule has 3 N–H and O–H groups in total. The normalized spacial score (nSPS) is 12.4. The lowest BCUT2D eigenvalue weighted by Crippen LogP contribution is -2.33. The van der Waals surface area contributed by atoms with E-state index in [1.54, 1.807) is 7.11 Å². The van der Waals surface area contributed by atoms with Crippen molar-refractivity contribution in [3.05, 3.63) is 0 Å². The summed E-state index contributed by atoms with van der Waals surface area (Å²) in [5.74, 6) is -0.0455. The number of nitrogens with two attached hydrogens (primary N) is 1. The van der Waals surface area contributed by atoms with E-state index in [-0.39, 0.29) is 11.2 Å². The third-order valence-electron chi connectivity index (χ3n) is 1.67. The molecule has 0 saturated carbocycles. The number of thioether (sulfide) groups is 1. The van der Waals surface area contributed by atoms with Crippen molar-refractivity contribution in [1.29, 1.82) is 0 Å². The van der Waals surface area contributed by atoms with Gasteiger partial charge >= 0.3 is 0 Å². The summed E-state index contributed by atoms with van der Waals surface area (Å²) in [4.78, 5) is 11.6. The average Bonchev–Trinajstić information content (AvgIpc) is 2.64. The van der Waals surface area contributed by atoms with Gasteiger partial charge in [0.25, 0.3) is 0 Å². The number of aromatic nitrogens is 2. The van der Waals surface area contributed by atoms with Crippen LogP contribution in [0.4, 0.5) is 5.13 Å². The average molecular weight is 262 g/mol. The molecule has 1 rings (SSSR count). The first-order valence-corrected chi connectivity index (χ1v) is 6.35. The van der Waals surface area contributed by atoms with Crippen LogP contribution in [0.5, 0.6) is 0 Å². The molecule has 0 aliphatic heterocycles. The van der Waals surface area contributed by atoms with Gasteiger partial charge in [-0.15, -0.1) is 10.2 Å². The molecule has 0 saturated heterocycles. The lowest BCUT2D eigenvalue weighted by Gasteiger charge is -2.09. The van der Waals surface area contributed by atoms with E-state index in [1.807, 2.05) is 6.92 Å². The van der Waals surface area contributed by atoms with E-state index in [2.05, 4.69) is 15.5 Å². The largest absolute Gasteiger partial charge is 0.383 e. The van der Waals surface area contributed by atoms with E-state index < -0.39 is 0 Å². The van der Waals surface area contributed by atoms with Crippen LogP contribution in [-0.4, -0.2) is 41.6 Å². The van der Waals surface area contributed by atoms with Crippen molar-refractivity contribution in [3.8, 4) is 0 Å². The topological polar surface area (TPSA) is 90.1 Å². The molecule has 0 aromatic carbocycles. The summed E-state index contributed by atoms with van der Waals surface area (Å²) in [5, 5.41) is 10.5. The van der Waals surface area contributed by atoms with Crippen molar-refractivity contribution in [1.82, 2.24) is 15.5 Å². The molecule has 0 bridgehead atoms. The summed E-state index contributed by atoms with van der Waals surface area (Å²) in [6.45, 7) is 2.83. The predicted octanol–water partition coefficient (Wildman–Crippen LogP) is 0.363. The minimum atomic E-state index is -0.218. The number of hydrogen-bond donors (Lipinski definition) is 2. The first-order chi connectivity index (χ1) is 7.63. The van der Waals surface area contributed by atoms with Gasteiger partial charge in [-0.25, -0.2) is 0 Å². The van der Waals surface area contributed by atoms with Crippen LogP contribution in [-0.2, 0) is 9.53 Å². The molecule has 8 heteroatoms. The van der Waals surface area contributed by atoms with Crippen molar-refractivity contribution in [2.24, 2.45) is 0 Å². The fourth-order valence-corrected chi connectivity index (χ4v) is 2.70. The fourth-order valence-electron chi connectivity index (χ4n) is 0.893. The number of amides is 1. The van der Waals surface area contributed by atoms with E-state index >= 15 is 0 Å². The van der Waals surface area contributed by atoms with Gasteiger partial charge < -0.3 is 15.8 Å². The van der Waals surface area contributed by atoms with Gasteiger partial charge in [0.05, 0.1) is 11.9 Å². The number of nitrogens with one attached hydrogen (secondary N) is 1. The van der Waals surface area contributed by atoms with Gasteiger partial charge in [0, 0.05) is 13.7 Å². The van der Waals surface area contributed by atoms with Crippen molar-refractivity contribution in [2.75, 3.05) is 26.0 Å². The second-order valence-electron chi connectivity index (χ2n) is 2.95. The number of anilines is 1. The summed E-state index contributed by atoms with van der Waals surface area (Å²) in [7, 11) is 1.59. The number of rotatable bonds is 6. The Balaban J connectivity index is 2.34. The quantitative estimate of drug-likeness (QED) is 0.568. The molecule has 0 aliphatic carbocycles. The molecule has 1 amide bonds. The number of nitrogen functional groups attached to an aromatic ring is 1. The Morgan fingerprint density at radius 1 is 1.69 bits per heavy atom. The van der Waals surface area contributed by atoms with Crippen LogP contribution in [0.2, 0.25) is 0 Å². The first kappa shape index (κ1) is 13.2. The molecule has 1 aromatic rings. The molecule has 1 atom stereocenters. The van der Waals surface area contributed by atoms with Gasteiger partial charge in [-0.1, -0.05) is 23.1 Å². The van der Waals surface area contributed by atoms with E-state index in [1.165, 1.54) is 23.1 Å².